The Bertz CT molecular complexity index is 571. The maximum absolute atomic E-state index is 9.53. The lowest BCUT2D eigenvalue weighted by Gasteiger charge is -2.09. The second-order valence-corrected chi connectivity index (χ2v) is 5.93. The van der Waals surface area contributed by atoms with Crippen LogP contribution in [0.15, 0.2) is 40.8 Å². The van der Waals surface area contributed by atoms with Crippen molar-refractivity contribution in [1.29, 1.82) is 0 Å². The van der Waals surface area contributed by atoms with Crippen LogP contribution in [0.3, 0.4) is 0 Å². The summed E-state index contributed by atoms with van der Waals surface area (Å²) in [7, 11) is 0. The number of rotatable bonds is 5. The highest BCUT2D eigenvalue weighted by atomic mass is 35.5. The standard InChI is InChI=1S/C18H23NO2.ClH/c1-13(20)14-6-8-15(9-7-14)18-11-10-17(21-18)12-19-16-4-2-3-5-16;/h6-11,13,16,19-20H,2-5,12H2,1H3;1H/p-1. The van der Waals surface area contributed by atoms with Crippen molar-refractivity contribution in [3.05, 3.63) is 47.7 Å². The first-order valence-electron chi connectivity index (χ1n) is 7.83. The van der Waals surface area contributed by atoms with Crippen molar-refractivity contribution in [2.45, 2.75) is 51.3 Å². The molecule has 120 valence electrons. The number of hydrogen-bond acceptors (Lipinski definition) is 3. The van der Waals surface area contributed by atoms with Crippen LogP contribution in [0.5, 0.6) is 0 Å². The monoisotopic (exact) mass is 320 g/mol. The number of aliphatic hydroxyl groups is 1. The van der Waals surface area contributed by atoms with Gasteiger partial charge >= 0.3 is 0 Å². The Kier molecular flexibility index (Phi) is 6.07. The van der Waals surface area contributed by atoms with E-state index in [1.54, 1.807) is 6.92 Å². The Morgan fingerprint density at radius 3 is 2.45 bits per heavy atom. The van der Waals surface area contributed by atoms with E-state index < -0.39 is 6.10 Å². The van der Waals surface area contributed by atoms with E-state index in [0.29, 0.717) is 6.04 Å². The minimum absolute atomic E-state index is 0. The second kappa shape index (κ2) is 7.82. The van der Waals surface area contributed by atoms with E-state index in [2.05, 4.69) is 5.32 Å². The molecule has 1 saturated carbocycles. The average molecular weight is 321 g/mol. The first-order chi connectivity index (χ1) is 10.2. The van der Waals surface area contributed by atoms with Crippen molar-refractivity contribution in [3.8, 4) is 11.3 Å². The SMILES string of the molecule is CC(O)c1ccc(-c2ccc(CNC3CCCC3)o2)cc1.[Cl-]. The van der Waals surface area contributed by atoms with Crippen molar-refractivity contribution >= 4 is 0 Å². The van der Waals surface area contributed by atoms with Gasteiger partial charge < -0.3 is 27.2 Å². The summed E-state index contributed by atoms with van der Waals surface area (Å²) < 4.78 is 5.90. The average Bonchev–Trinajstić information content (AvgIpc) is 3.17. The molecular weight excluding hydrogens is 298 g/mol. The van der Waals surface area contributed by atoms with Crippen LogP contribution in [0.1, 0.15) is 50.0 Å². The normalized spacial score (nSPS) is 16.5. The fourth-order valence-corrected chi connectivity index (χ4v) is 2.93. The number of hydrogen-bond donors (Lipinski definition) is 2. The zero-order chi connectivity index (χ0) is 14.7. The minimum Gasteiger partial charge on any atom is -1.00 e. The van der Waals surface area contributed by atoms with Gasteiger partial charge in [-0.2, -0.15) is 0 Å². The summed E-state index contributed by atoms with van der Waals surface area (Å²) in [4.78, 5) is 0. The molecule has 1 unspecified atom stereocenters. The summed E-state index contributed by atoms with van der Waals surface area (Å²) in [6.45, 7) is 2.57. The topological polar surface area (TPSA) is 45.4 Å². The van der Waals surface area contributed by atoms with Crippen LogP contribution in [-0.2, 0) is 6.54 Å². The predicted octanol–water partition coefficient (Wildman–Crippen LogP) is 1.04. The second-order valence-electron chi connectivity index (χ2n) is 5.93. The molecule has 0 aliphatic heterocycles. The molecule has 1 aliphatic carbocycles. The van der Waals surface area contributed by atoms with E-state index in [1.807, 2.05) is 36.4 Å². The molecule has 1 fully saturated rings. The van der Waals surface area contributed by atoms with Gasteiger partial charge in [0.25, 0.3) is 0 Å². The van der Waals surface area contributed by atoms with Gasteiger partial charge in [0, 0.05) is 11.6 Å². The number of benzene rings is 1. The van der Waals surface area contributed by atoms with Crippen molar-refractivity contribution in [1.82, 2.24) is 5.32 Å². The molecule has 4 heteroatoms. The quantitative estimate of drug-likeness (QED) is 0.865. The third-order valence-electron chi connectivity index (χ3n) is 4.26. The molecule has 0 radical (unpaired) electrons. The van der Waals surface area contributed by atoms with Crippen molar-refractivity contribution < 1.29 is 21.9 Å². The highest BCUT2D eigenvalue weighted by Crippen LogP contribution is 2.25. The molecule has 3 nitrogen and oxygen atoms in total. The fraction of sp³-hybridized carbons (Fsp3) is 0.444. The molecule has 3 rings (SSSR count). The van der Waals surface area contributed by atoms with Crippen LogP contribution >= 0.6 is 0 Å². The Morgan fingerprint density at radius 1 is 1.14 bits per heavy atom. The molecule has 0 spiro atoms. The summed E-state index contributed by atoms with van der Waals surface area (Å²) in [5, 5.41) is 13.1. The first-order valence-corrected chi connectivity index (χ1v) is 7.83. The van der Waals surface area contributed by atoms with E-state index in [-0.39, 0.29) is 12.4 Å². The molecule has 0 saturated heterocycles. The highest BCUT2D eigenvalue weighted by molar-refractivity contribution is 5.58. The van der Waals surface area contributed by atoms with Gasteiger partial charge in [-0.25, -0.2) is 0 Å². The number of aliphatic hydroxyl groups excluding tert-OH is 1. The molecule has 2 N–H and O–H groups in total. The summed E-state index contributed by atoms with van der Waals surface area (Å²) >= 11 is 0. The van der Waals surface area contributed by atoms with E-state index >= 15 is 0 Å². The van der Waals surface area contributed by atoms with Gasteiger partial charge in [-0.3, -0.25) is 0 Å². The van der Waals surface area contributed by atoms with Crippen molar-refractivity contribution in [2.75, 3.05) is 0 Å². The maximum atomic E-state index is 9.53. The van der Waals surface area contributed by atoms with Gasteiger partial charge in [-0.1, -0.05) is 37.1 Å². The van der Waals surface area contributed by atoms with Crippen LogP contribution in [0.2, 0.25) is 0 Å². The lowest BCUT2D eigenvalue weighted by atomic mass is 10.1. The zero-order valence-corrected chi connectivity index (χ0v) is 13.6. The summed E-state index contributed by atoms with van der Waals surface area (Å²) in [5.41, 5.74) is 1.97. The molecule has 0 bridgehead atoms. The van der Waals surface area contributed by atoms with Crippen LogP contribution in [0.25, 0.3) is 11.3 Å². The van der Waals surface area contributed by atoms with Gasteiger partial charge in [0.1, 0.15) is 11.5 Å². The third-order valence-corrected chi connectivity index (χ3v) is 4.26. The number of nitrogens with one attached hydrogen (secondary N) is 1. The van der Waals surface area contributed by atoms with E-state index in [9.17, 15) is 5.11 Å². The lowest BCUT2D eigenvalue weighted by Crippen LogP contribution is -3.00. The first kappa shape index (κ1) is 17.1. The molecule has 1 aromatic carbocycles. The molecular formula is C18H23ClNO2-. The lowest BCUT2D eigenvalue weighted by molar-refractivity contribution is -0.00000683. The molecule has 22 heavy (non-hydrogen) atoms. The smallest absolute Gasteiger partial charge is 0.134 e. The molecule has 1 aliphatic rings. The minimum atomic E-state index is -0.429. The predicted molar refractivity (Wildman–Crippen MR) is 83.9 cm³/mol. The van der Waals surface area contributed by atoms with Crippen LogP contribution in [0.4, 0.5) is 0 Å². The maximum Gasteiger partial charge on any atom is 0.134 e. The van der Waals surface area contributed by atoms with E-state index in [0.717, 1.165) is 29.2 Å². The fourth-order valence-electron chi connectivity index (χ4n) is 2.93. The largest absolute Gasteiger partial charge is 1.00 e. The molecule has 1 atom stereocenters. The van der Waals surface area contributed by atoms with Gasteiger partial charge in [0.2, 0.25) is 0 Å². The van der Waals surface area contributed by atoms with Crippen molar-refractivity contribution in [2.24, 2.45) is 0 Å². The molecule has 2 aromatic rings. The van der Waals surface area contributed by atoms with Gasteiger partial charge in [-0.15, -0.1) is 0 Å². The third kappa shape index (κ3) is 4.13. The Hall–Kier alpha value is -1.29. The number of furan rings is 1. The summed E-state index contributed by atoms with van der Waals surface area (Å²) in [6, 6.07) is 12.6. The summed E-state index contributed by atoms with van der Waals surface area (Å²) in [5.74, 6) is 1.87. The summed E-state index contributed by atoms with van der Waals surface area (Å²) in [6.07, 6.45) is 4.83. The molecule has 1 heterocycles. The highest BCUT2D eigenvalue weighted by Gasteiger charge is 2.14. The van der Waals surface area contributed by atoms with Gasteiger partial charge in [0.15, 0.2) is 0 Å². The van der Waals surface area contributed by atoms with Gasteiger partial charge in [-0.05, 0) is 37.5 Å². The van der Waals surface area contributed by atoms with Gasteiger partial charge in [0.05, 0.1) is 12.6 Å². The number of halogens is 1. The Morgan fingerprint density at radius 2 is 1.82 bits per heavy atom. The van der Waals surface area contributed by atoms with Crippen LogP contribution in [-0.4, -0.2) is 11.1 Å². The van der Waals surface area contributed by atoms with E-state index in [4.69, 9.17) is 4.42 Å². The van der Waals surface area contributed by atoms with Crippen LogP contribution < -0.4 is 17.7 Å². The van der Waals surface area contributed by atoms with Crippen molar-refractivity contribution in [3.63, 3.8) is 0 Å². The molecule has 0 amide bonds. The molecule has 1 aromatic heterocycles. The van der Waals surface area contributed by atoms with Crippen LogP contribution in [0, 0.1) is 0 Å². The zero-order valence-electron chi connectivity index (χ0n) is 12.9. The Labute approximate surface area is 138 Å². The van der Waals surface area contributed by atoms with E-state index in [1.165, 1.54) is 25.7 Å². The Balaban J connectivity index is 0.00000176.